The summed E-state index contributed by atoms with van der Waals surface area (Å²) >= 11 is 0. The van der Waals surface area contributed by atoms with Gasteiger partial charge in [0.15, 0.2) is 0 Å². The molecule has 0 aromatic carbocycles. The molecule has 0 aromatic heterocycles. The van der Waals surface area contributed by atoms with Crippen molar-refractivity contribution in [3.05, 3.63) is 0 Å². The van der Waals surface area contributed by atoms with Crippen molar-refractivity contribution in [3.63, 3.8) is 0 Å². The van der Waals surface area contributed by atoms with Gasteiger partial charge in [0.25, 0.3) is 0 Å². The third-order valence-electron chi connectivity index (χ3n) is 3.71. The molecule has 0 bridgehead atoms. The van der Waals surface area contributed by atoms with Crippen molar-refractivity contribution in [1.29, 1.82) is 0 Å². The number of nitrogens with one attached hydrogen (secondary N) is 1. The second-order valence-electron chi connectivity index (χ2n) is 5.71. The Hall–Kier alpha value is -0.0800. The molecule has 2 atom stereocenters. The van der Waals surface area contributed by atoms with Crippen LogP contribution in [0.1, 0.15) is 59.8 Å². The average Bonchev–Trinajstić information content (AvgIpc) is 2.27. The highest BCUT2D eigenvalue weighted by Gasteiger charge is 2.23. The monoisotopic (exact) mass is 227 g/mol. The maximum Gasteiger partial charge on any atom is 0.0750 e. The van der Waals surface area contributed by atoms with Gasteiger partial charge in [-0.2, -0.15) is 0 Å². The van der Waals surface area contributed by atoms with Crippen LogP contribution in [0, 0.1) is 5.92 Å². The summed E-state index contributed by atoms with van der Waals surface area (Å²) in [4.78, 5) is 0. The molecule has 96 valence electrons. The van der Waals surface area contributed by atoms with Crippen LogP contribution in [0.2, 0.25) is 0 Å². The Morgan fingerprint density at radius 1 is 1.25 bits per heavy atom. The molecule has 1 fully saturated rings. The molecule has 1 aliphatic carbocycles. The van der Waals surface area contributed by atoms with Crippen LogP contribution in [0.15, 0.2) is 0 Å². The van der Waals surface area contributed by atoms with Gasteiger partial charge in [0.2, 0.25) is 0 Å². The van der Waals surface area contributed by atoms with Gasteiger partial charge in [0, 0.05) is 19.2 Å². The molecule has 2 unspecified atom stereocenters. The van der Waals surface area contributed by atoms with Gasteiger partial charge < -0.3 is 10.1 Å². The average molecular weight is 227 g/mol. The van der Waals surface area contributed by atoms with Gasteiger partial charge in [-0.1, -0.05) is 26.2 Å². The van der Waals surface area contributed by atoms with Crippen LogP contribution in [-0.2, 0) is 4.74 Å². The van der Waals surface area contributed by atoms with Gasteiger partial charge >= 0.3 is 0 Å². The van der Waals surface area contributed by atoms with Crippen LogP contribution in [-0.4, -0.2) is 24.8 Å². The molecule has 0 heterocycles. The van der Waals surface area contributed by atoms with Crippen molar-refractivity contribution in [2.24, 2.45) is 5.92 Å². The second kappa shape index (κ2) is 6.61. The van der Waals surface area contributed by atoms with Gasteiger partial charge in [-0.3, -0.25) is 0 Å². The number of hydrogen-bond donors (Lipinski definition) is 1. The first-order valence-corrected chi connectivity index (χ1v) is 6.94. The topological polar surface area (TPSA) is 21.3 Å². The van der Waals surface area contributed by atoms with E-state index in [1.54, 1.807) is 0 Å². The molecule has 0 amide bonds. The first-order chi connectivity index (χ1) is 7.57. The molecule has 1 N–H and O–H groups in total. The molecular weight excluding hydrogens is 198 g/mol. The summed E-state index contributed by atoms with van der Waals surface area (Å²) in [5, 5.41) is 3.69. The van der Waals surface area contributed by atoms with E-state index in [1.807, 2.05) is 0 Å². The van der Waals surface area contributed by atoms with Crippen molar-refractivity contribution >= 4 is 0 Å². The lowest BCUT2D eigenvalue weighted by Crippen LogP contribution is -2.44. The highest BCUT2D eigenvalue weighted by molar-refractivity contribution is 4.81. The Balaban J connectivity index is 2.26. The van der Waals surface area contributed by atoms with Crippen molar-refractivity contribution in [2.45, 2.75) is 71.4 Å². The van der Waals surface area contributed by atoms with Crippen molar-refractivity contribution in [1.82, 2.24) is 5.32 Å². The molecule has 0 saturated heterocycles. The number of ether oxygens (including phenoxy) is 1. The highest BCUT2D eigenvalue weighted by Crippen LogP contribution is 2.26. The fourth-order valence-corrected chi connectivity index (χ4v) is 2.68. The summed E-state index contributed by atoms with van der Waals surface area (Å²) in [5.74, 6) is 0.946. The first-order valence-electron chi connectivity index (χ1n) is 6.94. The predicted octanol–water partition coefficient (Wildman–Crippen LogP) is 3.36. The third kappa shape index (κ3) is 4.84. The number of rotatable bonds is 6. The number of hydrogen-bond acceptors (Lipinski definition) is 2. The lowest BCUT2D eigenvalue weighted by molar-refractivity contribution is -0.0118. The Morgan fingerprint density at radius 3 is 2.62 bits per heavy atom. The zero-order chi connectivity index (χ0) is 12.0. The summed E-state index contributed by atoms with van der Waals surface area (Å²) in [6.07, 6.45) is 6.87. The smallest absolute Gasteiger partial charge is 0.0750 e. The van der Waals surface area contributed by atoms with E-state index in [1.165, 1.54) is 32.1 Å². The minimum Gasteiger partial charge on any atom is -0.375 e. The molecule has 1 aliphatic rings. The Bertz CT molecular complexity index is 191. The van der Waals surface area contributed by atoms with Gasteiger partial charge in [-0.15, -0.1) is 0 Å². The van der Waals surface area contributed by atoms with E-state index in [9.17, 15) is 0 Å². The van der Waals surface area contributed by atoms with Crippen LogP contribution in [0.25, 0.3) is 0 Å². The van der Waals surface area contributed by atoms with E-state index in [4.69, 9.17) is 4.74 Å². The summed E-state index contributed by atoms with van der Waals surface area (Å²) in [5.41, 5.74) is -0.0199. The standard InChI is InChI=1S/C14H29NO/c1-5-12-8-7-9-13(10-12)15-11-14(3,4)16-6-2/h12-13,15H,5-11H2,1-4H3. The Kier molecular flexibility index (Phi) is 5.77. The van der Waals surface area contributed by atoms with E-state index in [2.05, 4.69) is 33.0 Å². The largest absolute Gasteiger partial charge is 0.375 e. The van der Waals surface area contributed by atoms with Crippen LogP contribution in [0.5, 0.6) is 0 Å². The molecule has 0 aromatic rings. The van der Waals surface area contributed by atoms with Crippen LogP contribution in [0.3, 0.4) is 0 Å². The molecule has 1 saturated carbocycles. The zero-order valence-corrected chi connectivity index (χ0v) is 11.5. The summed E-state index contributed by atoms with van der Waals surface area (Å²) in [6, 6.07) is 0.721. The van der Waals surface area contributed by atoms with Crippen LogP contribution >= 0.6 is 0 Å². The Labute approximate surface area is 101 Å². The van der Waals surface area contributed by atoms with Crippen molar-refractivity contribution in [3.8, 4) is 0 Å². The van der Waals surface area contributed by atoms with E-state index in [-0.39, 0.29) is 5.60 Å². The normalized spacial score (nSPS) is 27.0. The first kappa shape index (κ1) is 14.0. The van der Waals surface area contributed by atoms with E-state index in [0.29, 0.717) is 0 Å². The van der Waals surface area contributed by atoms with Gasteiger partial charge in [0.1, 0.15) is 0 Å². The van der Waals surface area contributed by atoms with E-state index in [0.717, 1.165) is 25.1 Å². The Morgan fingerprint density at radius 2 is 2.00 bits per heavy atom. The SMILES string of the molecule is CCOC(C)(C)CNC1CCCC(CC)C1. The molecule has 0 radical (unpaired) electrons. The zero-order valence-electron chi connectivity index (χ0n) is 11.5. The lowest BCUT2D eigenvalue weighted by atomic mass is 9.84. The molecule has 2 heteroatoms. The lowest BCUT2D eigenvalue weighted by Gasteiger charge is -2.33. The summed E-state index contributed by atoms with van der Waals surface area (Å²) in [7, 11) is 0. The molecular formula is C14H29NO. The maximum absolute atomic E-state index is 5.71. The fourth-order valence-electron chi connectivity index (χ4n) is 2.68. The summed E-state index contributed by atoms with van der Waals surface area (Å²) < 4.78 is 5.71. The minimum absolute atomic E-state index is 0.0199. The highest BCUT2D eigenvalue weighted by atomic mass is 16.5. The van der Waals surface area contributed by atoms with E-state index < -0.39 is 0 Å². The van der Waals surface area contributed by atoms with Gasteiger partial charge in [0.05, 0.1) is 5.60 Å². The molecule has 2 nitrogen and oxygen atoms in total. The molecule has 0 aliphatic heterocycles. The fraction of sp³-hybridized carbons (Fsp3) is 1.00. The molecule has 1 rings (SSSR count). The van der Waals surface area contributed by atoms with Crippen molar-refractivity contribution in [2.75, 3.05) is 13.2 Å². The van der Waals surface area contributed by atoms with Gasteiger partial charge in [-0.25, -0.2) is 0 Å². The predicted molar refractivity (Wildman–Crippen MR) is 69.7 cm³/mol. The quantitative estimate of drug-likeness (QED) is 0.751. The van der Waals surface area contributed by atoms with E-state index >= 15 is 0 Å². The van der Waals surface area contributed by atoms with Crippen LogP contribution < -0.4 is 5.32 Å². The minimum atomic E-state index is -0.0199. The van der Waals surface area contributed by atoms with Crippen molar-refractivity contribution < 1.29 is 4.74 Å². The third-order valence-corrected chi connectivity index (χ3v) is 3.71. The van der Waals surface area contributed by atoms with Gasteiger partial charge in [-0.05, 0) is 39.5 Å². The summed E-state index contributed by atoms with van der Waals surface area (Å²) in [6.45, 7) is 10.5. The van der Waals surface area contributed by atoms with Crippen LogP contribution in [0.4, 0.5) is 0 Å². The molecule has 0 spiro atoms. The second-order valence-corrected chi connectivity index (χ2v) is 5.71. The maximum atomic E-state index is 5.71. The molecule has 16 heavy (non-hydrogen) atoms.